The number of aryl methyl sites for hydroxylation is 4. The Hall–Kier alpha value is -1.21. The fraction of sp³-hybridized carbons (Fsp3) is 0.762. The molecule has 528 valence electrons. The molecule has 0 aromatic heterocycles. The molecular formula is C84H142BaO6S2. The SMILES string of the molecule is CCCCCCCCCCCCCCCCc1ccc2c(S(=O)(=O)[O-])cc(CCCCCCCCCCCCCCCC)cc2c1.CCCCCCCCCCCCCCCCc1ccc2c(S(=O)(=O)[O-])cc(CCCCCCCCCCCCCCCC)cc2c1.[Ba+2]. The number of benzene rings is 4. The normalized spacial score (nSPS) is 11.8. The first-order valence-corrected chi connectivity index (χ1v) is 42.8. The molecule has 0 amide bonds. The predicted octanol–water partition coefficient (Wildman–Crippen LogP) is 27.2. The van der Waals surface area contributed by atoms with E-state index in [1.54, 1.807) is 12.1 Å². The Labute approximate surface area is 616 Å². The molecule has 6 nitrogen and oxygen atoms in total. The summed E-state index contributed by atoms with van der Waals surface area (Å²) in [4.78, 5) is -0.0955. The monoisotopic (exact) mass is 1450 g/mol. The molecule has 0 radical (unpaired) electrons. The van der Waals surface area contributed by atoms with Crippen LogP contribution in [0.3, 0.4) is 0 Å². The quantitative estimate of drug-likeness (QED) is 0.0247. The Morgan fingerprint density at radius 2 is 0.387 bits per heavy atom. The molecule has 0 aliphatic carbocycles. The van der Waals surface area contributed by atoms with E-state index in [-0.39, 0.29) is 58.7 Å². The van der Waals surface area contributed by atoms with Gasteiger partial charge in [0.1, 0.15) is 20.2 Å². The summed E-state index contributed by atoms with van der Waals surface area (Å²) in [5.41, 5.74) is 4.45. The Balaban J connectivity index is 0.000000627. The van der Waals surface area contributed by atoms with E-state index < -0.39 is 20.2 Å². The first-order valence-electron chi connectivity index (χ1n) is 39.9. The molecule has 0 saturated carbocycles. The molecule has 0 fully saturated rings. The van der Waals surface area contributed by atoms with Crippen molar-refractivity contribution in [3.05, 3.63) is 82.9 Å². The molecule has 4 aromatic rings. The van der Waals surface area contributed by atoms with Gasteiger partial charge in [-0.1, -0.05) is 410 Å². The van der Waals surface area contributed by atoms with Crippen molar-refractivity contribution in [2.24, 2.45) is 0 Å². The van der Waals surface area contributed by atoms with E-state index in [0.29, 0.717) is 10.8 Å². The van der Waals surface area contributed by atoms with Crippen molar-refractivity contribution in [1.82, 2.24) is 0 Å². The fourth-order valence-corrected chi connectivity index (χ4v) is 15.5. The van der Waals surface area contributed by atoms with Gasteiger partial charge in [-0.3, -0.25) is 0 Å². The van der Waals surface area contributed by atoms with Crippen LogP contribution in [0.5, 0.6) is 0 Å². The zero-order chi connectivity index (χ0) is 66.3. The van der Waals surface area contributed by atoms with E-state index in [9.17, 15) is 25.9 Å². The molecule has 9 heteroatoms. The van der Waals surface area contributed by atoms with Crippen LogP contribution < -0.4 is 0 Å². The average molecular weight is 1450 g/mol. The Bertz CT molecular complexity index is 2420. The van der Waals surface area contributed by atoms with Gasteiger partial charge in [-0.2, -0.15) is 0 Å². The zero-order valence-corrected chi connectivity index (χ0v) is 67.2. The standard InChI is InChI=1S/2C42H72O3S.Ba/c2*1-3-5-7-9-11-13-15-17-19-21-23-25-27-29-31-38-33-34-41-40(35-38)36-39(37-42(41)46(43,44)45)32-30-28-26-24-22-20-18-16-14-12-10-8-6-4-2;/h2*33-37H,3-32H2,1-2H3,(H,43,44,45);/q;;+2/p-2. The molecule has 4 aromatic carbocycles. The number of rotatable bonds is 62. The van der Waals surface area contributed by atoms with Crippen LogP contribution in [0.25, 0.3) is 21.5 Å². The summed E-state index contributed by atoms with van der Waals surface area (Å²) in [5, 5.41) is 2.95. The van der Waals surface area contributed by atoms with Gasteiger partial charge in [-0.25, -0.2) is 16.8 Å². The topological polar surface area (TPSA) is 114 Å². The van der Waals surface area contributed by atoms with Crippen LogP contribution in [0.4, 0.5) is 0 Å². The van der Waals surface area contributed by atoms with E-state index in [2.05, 4.69) is 52.0 Å². The minimum Gasteiger partial charge on any atom is -0.744 e. The molecule has 93 heavy (non-hydrogen) atoms. The first-order chi connectivity index (χ1) is 44.9. The van der Waals surface area contributed by atoms with Crippen LogP contribution in [-0.2, 0) is 45.9 Å². The summed E-state index contributed by atoms with van der Waals surface area (Å²) < 4.78 is 72.9. The second-order valence-electron chi connectivity index (χ2n) is 28.6. The van der Waals surface area contributed by atoms with Crippen molar-refractivity contribution < 1.29 is 25.9 Å². The van der Waals surface area contributed by atoms with Crippen LogP contribution in [0.2, 0.25) is 0 Å². The van der Waals surface area contributed by atoms with Crippen molar-refractivity contribution in [2.45, 2.75) is 423 Å². The number of hydrogen-bond donors (Lipinski definition) is 0. The summed E-state index contributed by atoms with van der Waals surface area (Å²) >= 11 is 0. The fourth-order valence-electron chi connectivity index (χ4n) is 14.0. The van der Waals surface area contributed by atoms with Crippen molar-refractivity contribution in [3.63, 3.8) is 0 Å². The van der Waals surface area contributed by atoms with E-state index in [0.717, 1.165) is 86.1 Å². The van der Waals surface area contributed by atoms with Crippen LogP contribution in [-0.4, -0.2) is 74.8 Å². The summed E-state index contributed by atoms with van der Waals surface area (Å²) in [5.74, 6) is 0. The van der Waals surface area contributed by atoms with Crippen LogP contribution in [0.1, 0.15) is 410 Å². The molecule has 0 aliphatic rings. The first kappa shape index (κ1) is 87.9. The molecule has 0 bridgehead atoms. The Morgan fingerprint density at radius 3 is 0.570 bits per heavy atom. The smallest absolute Gasteiger partial charge is 0.744 e. The maximum absolute atomic E-state index is 12.1. The number of hydrogen-bond acceptors (Lipinski definition) is 6. The summed E-state index contributed by atoms with van der Waals surface area (Å²) in [6, 6.07) is 19.5. The molecule has 0 N–H and O–H groups in total. The third-order valence-electron chi connectivity index (χ3n) is 19.9. The molecule has 0 aliphatic heterocycles. The van der Waals surface area contributed by atoms with Crippen LogP contribution in [0.15, 0.2) is 70.5 Å². The molecule has 0 atom stereocenters. The molecule has 0 saturated heterocycles. The van der Waals surface area contributed by atoms with E-state index >= 15 is 0 Å². The maximum Gasteiger partial charge on any atom is 2.00 e. The molecular weight excluding hydrogens is 1310 g/mol. The second kappa shape index (κ2) is 59.6. The van der Waals surface area contributed by atoms with Crippen molar-refractivity contribution in [3.8, 4) is 0 Å². The van der Waals surface area contributed by atoms with E-state index in [1.165, 1.54) is 332 Å². The van der Waals surface area contributed by atoms with Crippen molar-refractivity contribution in [2.75, 3.05) is 0 Å². The molecule has 0 unspecified atom stereocenters. The molecule has 0 spiro atoms. The Morgan fingerprint density at radius 1 is 0.226 bits per heavy atom. The number of unbranched alkanes of at least 4 members (excludes halogenated alkanes) is 52. The van der Waals surface area contributed by atoms with Gasteiger partial charge in [0.05, 0.1) is 9.79 Å². The van der Waals surface area contributed by atoms with Gasteiger partial charge in [-0.05, 0) is 107 Å². The maximum atomic E-state index is 12.1. The third kappa shape index (κ3) is 46.0. The average Bonchev–Trinajstić information content (AvgIpc) is 0.824. The van der Waals surface area contributed by atoms with Gasteiger partial charge in [0, 0.05) is 0 Å². The summed E-state index contributed by atoms with van der Waals surface area (Å²) in [6.07, 6.45) is 78.7. The van der Waals surface area contributed by atoms with Gasteiger partial charge in [-0.15, -0.1) is 0 Å². The minimum absolute atomic E-state index is 0. The zero-order valence-electron chi connectivity index (χ0n) is 61.2. The minimum atomic E-state index is -4.52. The summed E-state index contributed by atoms with van der Waals surface area (Å²) in [6.45, 7) is 9.11. The van der Waals surface area contributed by atoms with Crippen molar-refractivity contribution >= 4 is 90.7 Å². The predicted molar refractivity (Wildman–Crippen MR) is 406 cm³/mol. The van der Waals surface area contributed by atoms with Gasteiger partial charge in [0.25, 0.3) is 0 Å². The van der Waals surface area contributed by atoms with E-state index in [1.807, 2.05) is 24.3 Å². The second-order valence-corrected chi connectivity index (χ2v) is 31.3. The van der Waals surface area contributed by atoms with E-state index in [4.69, 9.17) is 0 Å². The van der Waals surface area contributed by atoms with Crippen molar-refractivity contribution in [1.29, 1.82) is 0 Å². The van der Waals surface area contributed by atoms with Crippen LogP contribution >= 0.6 is 0 Å². The van der Waals surface area contributed by atoms with Crippen LogP contribution in [0, 0.1) is 0 Å². The Kier molecular flexibility index (Phi) is 56.4. The largest absolute Gasteiger partial charge is 2.00 e. The molecule has 0 heterocycles. The van der Waals surface area contributed by atoms with Gasteiger partial charge >= 0.3 is 48.9 Å². The van der Waals surface area contributed by atoms with Gasteiger partial charge in [0.15, 0.2) is 0 Å². The van der Waals surface area contributed by atoms with Gasteiger partial charge in [0.2, 0.25) is 0 Å². The third-order valence-corrected chi connectivity index (χ3v) is 21.6. The molecule has 4 rings (SSSR count). The number of fused-ring (bicyclic) bond motifs is 2. The summed E-state index contributed by atoms with van der Waals surface area (Å²) in [7, 11) is -9.03. The van der Waals surface area contributed by atoms with Gasteiger partial charge < -0.3 is 9.11 Å².